The summed E-state index contributed by atoms with van der Waals surface area (Å²) in [6.45, 7) is 2.69. The first kappa shape index (κ1) is 20.3. The molecule has 3 nitrogen and oxygen atoms in total. The van der Waals surface area contributed by atoms with Gasteiger partial charge >= 0.3 is 0 Å². The van der Waals surface area contributed by atoms with Gasteiger partial charge in [0.25, 0.3) is 0 Å². The van der Waals surface area contributed by atoms with E-state index in [0.29, 0.717) is 0 Å². The molecule has 0 bridgehead atoms. The van der Waals surface area contributed by atoms with Crippen LogP contribution in [-0.4, -0.2) is 17.3 Å². The van der Waals surface area contributed by atoms with Crippen molar-refractivity contribution in [3.63, 3.8) is 0 Å². The Morgan fingerprint density at radius 3 is 2.41 bits per heavy atom. The number of hydrogen-bond acceptors (Lipinski definition) is 2. The third-order valence-corrected chi connectivity index (χ3v) is 6.73. The van der Waals surface area contributed by atoms with Gasteiger partial charge in [-0.25, -0.2) is 0 Å². The Labute approximate surface area is 198 Å². The minimum absolute atomic E-state index is 0.722. The minimum Gasteiger partial charge on any atom is -0.380 e. The van der Waals surface area contributed by atoms with Crippen LogP contribution in [-0.2, 0) is 0 Å². The molecule has 2 heterocycles. The molecule has 0 saturated heterocycles. The second-order valence-electron chi connectivity index (χ2n) is 8.60. The third kappa shape index (κ3) is 3.17. The van der Waals surface area contributed by atoms with E-state index in [1.54, 1.807) is 0 Å². The van der Waals surface area contributed by atoms with Crippen molar-refractivity contribution in [3.8, 4) is 5.69 Å². The van der Waals surface area contributed by atoms with Crippen molar-refractivity contribution in [2.45, 2.75) is 6.92 Å². The maximum absolute atomic E-state index is 7.60. The number of aromatic nitrogens is 1. The molecule has 0 radical (unpaired) electrons. The summed E-state index contributed by atoms with van der Waals surface area (Å²) in [5.41, 5.74) is 8.00. The molecule has 3 heteroatoms. The molecule has 4 aromatic carbocycles. The SMILES string of the molecule is C/C=C(\C=N)C1=CC=C(c2ccc3c(ccc4c5ccccc5n(-c5ccccc5)c34)c2)NC1. The lowest BCUT2D eigenvalue weighted by Gasteiger charge is -2.18. The summed E-state index contributed by atoms with van der Waals surface area (Å²) in [5, 5.41) is 16.1. The lowest BCUT2D eigenvalue weighted by molar-refractivity contribution is 0.957. The van der Waals surface area contributed by atoms with Gasteiger partial charge in [-0.2, -0.15) is 0 Å². The zero-order valence-corrected chi connectivity index (χ0v) is 19.0. The molecule has 0 spiro atoms. The number of benzene rings is 4. The number of allylic oxidation sites excluding steroid dienone is 3. The van der Waals surface area contributed by atoms with Crippen molar-refractivity contribution in [2.75, 3.05) is 6.54 Å². The lowest BCUT2D eigenvalue weighted by Crippen LogP contribution is -2.19. The highest BCUT2D eigenvalue weighted by Crippen LogP contribution is 2.37. The Balaban J connectivity index is 1.55. The first-order valence-corrected chi connectivity index (χ1v) is 11.6. The molecular formula is C31H25N3. The van der Waals surface area contributed by atoms with Crippen molar-refractivity contribution in [3.05, 3.63) is 120 Å². The fraction of sp³-hybridized carbons (Fsp3) is 0.0645. The Kier molecular flexibility index (Phi) is 4.88. The highest BCUT2D eigenvalue weighted by molar-refractivity contribution is 6.18. The van der Waals surface area contributed by atoms with Crippen LogP contribution in [0.2, 0.25) is 0 Å². The number of rotatable bonds is 4. The van der Waals surface area contributed by atoms with Crippen LogP contribution in [0.5, 0.6) is 0 Å². The van der Waals surface area contributed by atoms with Gasteiger partial charge in [-0.3, -0.25) is 0 Å². The monoisotopic (exact) mass is 439 g/mol. The van der Waals surface area contributed by atoms with Gasteiger partial charge in [-0.05, 0) is 59.4 Å². The maximum Gasteiger partial charge on any atom is 0.0619 e. The van der Waals surface area contributed by atoms with Crippen LogP contribution in [0.15, 0.2) is 114 Å². The summed E-state index contributed by atoms with van der Waals surface area (Å²) >= 11 is 0. The van der Waals surface area contributed by atoms with Gasteiger partial charge in [-0.15, -0.1) is 0 Å². The number of nitrogens with one attached hydrogen (secondary N) is 2. The molecule has 0 unspecified atom stereocenters. The average molecular weight is 440 g/mol. The predicted octanol–water partition coefficient (Wildman–Crippen LogP) is 7.40. The second-order valence-corrected chi connectivity index (χ2v) is 8.60. The summed E-state index contributed by atoms with van der Waals surface area (Å²) in [5.74, 6) is 0. The molecule has 0 saturated carbocycles. The van der Waals surface area contributed by atoms with Gasteiger partial charge in [0, 0.05) is 40.3 Å². The smallest absolute Gasteiger partial charge is 0.0619 e. The predicted molar refractivity (Wildman–Crippen MR) is 145 cm³/mol. The summed E-state index contributed by atoms with van der Waals surface area (Å²) in [4.78, 5) is 0. The van der Waals surface area contributed by atoms with Crippen LogP contribution in [0, 0.1) is 5.41 Å². The van der Waals surface area contributed by atoms with Crippen molar-refractivity contribution < 1.29 is 0 Å². The van der Waals surface area contributed by atoms with Crippen LogP contribution in [0.25, 0.3) is 44.0 Å². The van der Waals surface area contributed by atoms with E-state index in [9.17, 15) is 0 Å². The number of fused-ring (bicyclic) bond motifs is 5. The fourth-order valence-electron chi connectivity index (χ4n) is 5.05. The second kappa shape index (κ2) is 8.20. The summed E-state index contributed by atoms with van der Waals surface area (Å²) in [7, 11) is 0. The van der Waals surface area contributed by atoms with E-state index in [1.165, 1.54) is 50.0 Å². The molecule has 6 rings (SSSR count). The van der Waals surface area contributed by atoms with E-state index < -0.39 is 0 Å². The zero-order valence-electron chi connectivity index (χ0n) is 19.0. The molecule has 5 aromatic rings. The molecule has 2 N–H and O–H groups in total. The Morgan fingerprint density at radius 2 is 1.65 bits per heavy atom. The molecule has 34 heavy (non-hydrogen) atoms. The Morgan fingerprint density at radius 1 is 0.853 bits per heavy atom. The van der Waals surface area contributed by atoms with Crippen LogP contribution in [0.3, 0.4) is 0 Å². The van der Waals surface area contributed by atoms with Crippen molar-refractivity contribution in [1.82, 2.24) is 9.88 Å². The van der Waals surface area contributed by atoms with Gasteiger partial charge in [0.2, 0.25) is 0 Å². The molecule has 164 valence electrons. The zero-order chi connectivity index (χ0) is 23.1. The molecule has 0 atom stereocenters. The largest absolute Gasteiger partial charge is 0.380 e. The van der Waals surface area contributed by atoms with E-state index in [2.05, 4.69) is 107 Å². The molecule has 1 aliphatic rings. The molecule has 1 aromatic heterocycles. The van der Waals surface area contributed by atoms with E-state index in [-0.39, 0.29) is 0 Å². The van der Waals surface area contributed by atoms with Crippen LogP contribution in [0.4, 0.5) is 0 Å². The van der Waals surface area contributed by atoms with E-state index in [0.717, 1.165) is 23.4 Å². The fourth-order valence-corrected chi connectivity index (χ4v) is 5.05. The van der Waals surface area contributed by atoms with E-state index in [4.69, 9.17) is 5.41 Å². The summed E-state index contributed by atoms with van der Waals surface area (Å²) in [6.07, 6.45) is 7.63. The highest BCUT2D eigenvalue weighted by Gasteiger charge is 2.16. The topological polar surface area (TPSA) is 40.8 Å². The average Bonchev–Trinajstić information content (AvgIpc) is 3.25. The maximum atomic E-state index is 7.60. The van der Waals surface area contributed by atoms with E-state index in [1.807, 2.05) is 13.0 Å². The highest BCUT2D eigenvalue weighted by atomic mass is 15.0. The Hall–Kier alpha value is -4.37. The number of para-hydroxylation sites is 2. The summed E-state index contributed by atoms with van der Waals surface area (Å²) < 4.78 is 2.38. The molecule has 0 amide bonds. The first-order chi connectivity index (χ1) is 16.8. The van der Waals surface area contributed by atoms with Crippen LogP contribution in [0.1, 0.15) is 12.5 Å². The van der Waals surface area contributed by atoms with Crippen molar-refractivity contribution in [1.29, 1.82) is 5.41 Å². The number of hydrogen-bond donors (Lipinski definition) is 2. The third-order valence-electron chi connectivity index (χ3n) is 6.73. The van der Waals surface area contributed by atoms with Gasteiger partial charge in [0.15, 0.2) is 0 Å². The molecule has 0 aliphatic carbocycles. The molecule has 0 fully saturated rings. The summed E-state index contributed by atoms with van der Waals surface area (Å²) in [6, 6.07) is 30.5. The normalized spacial score (nSPS) is 14.2. The number of dihydropyridines is 1. The lowest BCUT2D eigenvalue weighted by atomic mass is 9.99. The van der Waals surface area contributed by atoms with Crippen molar-refractivity contribution in [2.24, 2.45) is 0 Å². The van der Waals surface area contributed by atoms with Gasteiger partial charge in [-0.1, -0.05) is 72.8 Å². The number of nitrogens with zero attached hydrogens (tertiary/aromatic N) is 1. The first-order valence-electron chi connectivity index (χ1n) is 11.6. The Bertz CT molecular complexity index is 1660. The van der Waals surface area contributed by atoms with Gasteiger partial charge in [0.1, 0.15) is 0 Å². The minimum atomic E-state index is 0.722. The van der Waals surface area contributed by atoms with E-state index >= 15 is 0 Å². The van der Waals surface area contributed by atoms with Crippen LogP contribution < -0.4 is 5.32 Å². The molecular weight excluding hydrogens is 414 g/mol. The van der Waals surface area contributed by atoms with Gasteiger partial charge < -0.3 is 15.3 Å². The standard InChI is InChI=1S/C31H25N3/c1-2-21(19-32)24-14-17-29(33-20-24)23-13-15-26-22(18-23)12-16-28-27-10-6-7-11-30(27)34(31(26)28)25-8-4-3-5-9-25/h2-19,32-33H,20H2,1H3/b21-2+,32-19?. The van der Waals surface area contributed by atoms with Crippen molar-refractivity contribution >= 4 is 44.5 Å². The quantitative estimate of drug-likeness (QED) is 0.281. The molecule has 1 aliphatic heterocycles. The van der Waals surface area contributed by atoms with Crippen LogP contribution >= 0.6 is 0 Å². The van der Waals surface area contributed by atoms with Gasteiger partial charge in [0.05, 0.1) is 11.0 Å².